The molecule has 1 rings (SSSR count). The zero-order valence-electron chi connectivity index (χ0n) is 13.2. The first-order valence-electron chi connectivity index (χ1n) is 7.48. The van der Waals surface area contributed by atoms with Crippen molar-refractivity contribution in [3.05, 3.63) is 35.9 Å². The van der Waals surface area contributed by atoms with Crippen LogP contribution in [0.4, 0.5) is 4.79 Å². The number of carbonyl (C=O) groups is 2. The van der Waals surface area contributed by atoms with Crippen LogP contribution in [-0.4, -0.2) is 31.1 Å². The van der Waals surface area contributed by atoms with Crippen LogP contribution in [0.25, 0.3) is 0 Å². The molecule has 1 atom stereocenters. The molecule has 0 bridgehead atoms. The molecule has 0 saturated heterocycles. The number of rotatable bonds is 8. The first-order chi connectivity index (χ1) is 10.5. The Balaban J connectivity index is 2.49. The Morgan fingerprint density at radius 3 is 2.50 bits per heavy atom. The Bertz CT molecular complexity index is 463. The van der Waals surface area contributed by atoms with E-state index in [2.05, 4.69) is 10.6 Å². The number of ether oxygens (including phenoxy) is 1. The van der Waals surface area contributed by atoms with Crippen LogP contribution in [0.3, 0.4) is 0 Å². The number of alkyl carbamates (subject to hydrolysis) is 1. The van der Waals surface area contributed by atoms with Gasteiger partial charge in [-0.3, -0.25) is 4.79 Å². The second-order valence-corrected chi connectivity index (χ2v) is 5.47. The molecular weight excluding hydrogens is 282 g/mol. The van der Waals surface area contributed by atoms with E-state index in [0.717, 1.165) is 5.56 Å². The first kappa shape index (κ1) is 18.0. The fourth-order valence-corrected chi connectivity index (χ4v) is 1.93. The lowest BCUT2D eigenvalue weighted by Gasteiger charge is -2.19. The SMILES string of the molecule is CC(C)C[C@H](NC(=O)OCc1ccccc1)C(=O)NCCN. The summed E-state index contributed by atoms with van der Waals surface area (Å²) in [5.74, 6) is 0.0267. The molecule has 0 aliphatic heterocycles. The van der Waals surface area contributed by atoms with Crippen LogP contribution in [0.15, 0.2) is 30.3 Å². The van der Waals surface area contributed by atoms with E-state index < -0.39 is 12.1 Å². The standard InChI is InChI=1S/C16H25N3O3/c1-12(2)10-14(15(20)18-9-8-17)19-16(21)22-11-13-6-4-3-5-7-13/h3-7,12,14H,8-11,17H2,1-2H3,(H,18,20)(H,19,21)/t14-/m0/s1. The third-order valence-corrected chi connectivity index (χ3v) is 2.97. The number of hydrogen-bond donors (Lipinski definition) is 3. The van der Waals surface area contributed by atoms with Crippen LogP contribution < -0.4 is 16.4 Å². The normalized spacial score (nSPS) is 11.8. The van der Waals surface area contributed by atoms with Gasteiger partial charge in [0, 0.05) is 13.1 Å². The van der Waals surface area contributed by atoms with Gasteiger partial charge >= 0.3 is 6.09 Å². The van der Waals surface area contributed by atoms with Gasteiger partial charge in [0.25, 0.3) is 0 Å². The highest BCUT2D eigenvalue weighted by Crippen LogP contribution is 2.06. The smallest absolute Gasteiger partial charge is 0.408 e. The summed E-state index contributed by atoms with van der Waals surface area (Å²) in [5.41, 5.74) is 6.26. The second-order valence-electron chi connectivity index (χ2n) is 5.47. The van der Waals surface area contributed by atoms with Gasteiger partial charge in [-0.05, 0) is 17.9 Å². The zero-order valence-corrected chi connectivity index (χ0v) is 13.2. The third kappa shape index (κ3) is 7.08. The van der Waals surface area contributed by atoms with Crippen molar-refractivity contribution in [1.29, 1.82) is 0 Å². The fraction of sp³-hybridized carbons (Fsp3) is 0.500. The molecular formula is C16H25N3O3. The Kier molecular flexibility index (Phi) is 7.99. The predicted octanol–water partition coefficient (Wildman–Crippen LogP) is 1.40. The van der Waals surface area contributed by atoms with Crippen LogP contribution in [0.2, 0.25) is 0 Å². The number of amides is 2. The van der Waals surface area contributed by atoms with Gasteiger partial charge in [0.2, 0.25) is 5.91 Å². The zero-order chi connectivity index (χ0) is 16.4. The van der Waals surface area contributed by atoms with Gasteiger partial charge in [-0.25, -0.2) is 4.79 Å². The van der Waals surface area contributed by atoms with Gasteiger partial charge in [-0.2, -0.15) is 0 Å². The maximum Gasteiger partial charge on any atom is 0.408 e. The molecule has 2 amide bonds. The van der Waals surface area contributed by atoms with Crippen molar-refractivity contribution < 1.29 is 14.3 Å². The molecule has 0 saturated carbocycles. The molecule has 0 aliphatic carbocycles. The number of hydrogen-bond acceptors (Lipinski definition) is 4. The van der Waals surface area contributed by atoms with Gasteiger partial charge in [0.15, 0.2) is 0 Å². The minimum atomic E-state index is -0.616. The minimum absolute atomic E-state index is 0.172. The largest absolute Gasteiger partial charge is 0.445 e. The summed E-state index contributed by atoms with van der Waals surface area (Å²) in [6, 6.07) is 8.76. The molecule has 122 valence electrons. The van der Waals surface area contributed by atoms with Gasteiger partial charge in [0.05, 0.1) is 0 Å². The highest BCUT2D eigenvalue weighted by atomic mass is 16.5. The summed E-state index contributed by atoms with van der Waals surface area (Å²) in [4.78, 5) is 23.9. The van der Waals surface area contributed by atoms with Gasteiger partial charge < -0.3 is 21.1 Å². The summed E-state index contributed by atoms with van der Waals surface area (Å²) >= 11 is 0. The number of benzene rings is 1. The maximum atomic E-state index is 12.0. The van der Waals surface area contributed by atoms with Crippen LogP contribution in [0.5, 0.6) is 0 Å². The molecule has 0 aliphatic rings. The lowest BCUT2D eigenvalue weighted by atomic mass is 10.0. The Labute approximate surface area is 131 Å². The third-order valence-electron chi connectivity index (χ3n) is 2.97. The van der Waals surface area contributed by atoms with Crippen molar-refractivity contribution in [3.8, 4) is 0 Å². The number of nitrogens with one attached hydrogen (secondary N) is 2. The highest BCUT2D eigenvalue weighted by molar-refractivity contribution is 5.85. The van der Waals surface area contributed by atoms with Crippen molar-refractivity contribution in [3.63, 3.8) is 0 Å². The Morgan fingerprint density at radius 2 is 1.91 bits per heavy atom. The minimum Gasteiger partial charge on any atom is -0.445 e. The molecule has 0 heterocycles. The average molecular weight is 307 g/mol. The number of nitrogens with two attached hydrogens (primary N) is 1. The molecule has 0 fully saturated rings. The van der Waals surface area contributed by atoms with E-state index in [0.29, 0.717) is 19.5 Å². The summed E-state index contributed by atoms with van der Waals surface area (Å²) in [7, 11) is 0. The Morgan fingerprint density at radius 1 is 1.23 bits per heavy atom. The van der Waals surface area contributed by atoms with Crippen molar-refractivity contribution >= 4 is 12.0 Å². The van der Waals surface area contributed by atoms with Gasteiger partial charge in [-0.15, -0.1) is 0 Å². The van der Waals surface area contributed by atoms with E-state index in [-0.39, 0.29) is 18.4 Å². The topological polar surface area (TPSA) is 93.4 Å². The van der Waals surface area contributed by atoms with Crippen molar-refractivity contribution in [2.24, 2.45) is 11.7 Å². The lowest BCUT2D eigenvalue weighted by Crippen LogP contribution is -2.48. The molecule has 0 spiro atoms. The summed E-state index contributed by atoms with van der Waals surface area (Å²) in [6.45, 7) is 4.89. The first-order valence-corrected chi connectivity index (χ1v) is 7.48. The maximum absolute atomic E-state index is 12.0. The van der Waals surface area contributed by atoms with E-state index >= 15 is 0 Å². The van der Waals surface area contributed by atoms with Crippen LogP contribution in [0.1, 0.15) is 25.8 Å². The molecule has 0 radical (unpaired) electrons. The molecule has 6 nitrogen and oxygen atoms in total. The van der Waals surface area contributed by atoms with Crippen molar-refractivity contribution in [1.82, 2.24) is 10.6 Å². The van der Waals surface area contributed by atoms with E-state index in [4.69, 9.17) is 10.5 Å². The molecule has 1 aromatic rings. The molecule has 0 aromatic heterocycles. The van der Waals surface area contributed by atoms with Crippen molar-refractivity contribution in [2.75, 3.05) is 13.1 Å². The average Bonchev–Trinajstić information content (AvgIpc) is 2.50. The Hall–Kier alpha value is -2.08. The van der Waals surface area contributed by atoms with Crippen LogP contribution >= 0.6 is 0 Å². The summed E-state index contributed by atoms with van der Waals surface area (Å²) in [5, 5.41) is 5.30. The molecule has 6 heteroatoms. The summed E-state index contributed by atoms with van der Waals surface area (Å²) < 4.78 is 5.14. The highest BCUT2D eigenvalue weighted by Gasteiger charge is 2.22. The van der Waals surface area contributed by atoms with E-state index in [1.807, 2.05) is 44.2 Å². The van der Waals surface area contributed by atoms with Crippen molar-refractivity contribution in [2.45, 2.75) is 32.9 Å². The van der Waals surface area contributed by atoms with Gasteiger partial charge in [0.1, 0.15) is 12.6 Å². The van der Waals surface area contributed by atoms with Crippen LogP contribution in [-0.2, 0) is 16.1 Å². The van der Waals surface area contributed by atoms with Crippen LogP contribution in [0, 0.1) is 5.92 Å². The second kappa shape index (κ2) is 9.78. The monoisotopic (exact) mass is 307 g/mol. The quantitative estimate of drug-likeness (QED) is 0.677. The van der Waals surface area contributed by atoms with E-state index in [1.165, 1.54) is 0 Å². The van der Waals surface area contributed by atoms with E-state index in [1.54, 1.807) is 0 Å². The lowest BCUT2D eigenvalue weighted by molar-refractivity contribution is -0.123. The molecule has 22 heavy (non-hydrogen) atoms. The molecule has 0 unspecified atom stereocenters. The van der Waals surface area contributed by atoms with E-state index in [9.17, 15) is 9.59 Å². The molecule has 1 aromatic carbocycles. The molecule has 4 N–H and O–H groups in total. The van der Waals surface area contributed by atoms with Gasteiger partial charge in [-0.1, -0.05) is 44.2 Å². The fourth-order valence-electron chi connectivity index (χ4n) is 1.93. The number of carbonyl (C=O) groups excluding carboxylic acids is 2. The summed E-state index contributed by atoms with van der Waals surface area (Å²) in [6.07, 6.45) is -0.0611. The predicted molar refractivity (Wildman–Crippen MR) is 85.1 cm³/mol.